The lowest BCUT2D eigenvalue weighted by molar-refractivity contribution is -0.137. The predicted octanol–water partition coefficient (Wildman–Crippen LogP) is 3.60. The number of aliphatic hydroxyl groups excluding tert-OH is 1. The monoisotopic (exact) mass is 232 g/mol. The Morgan fingerprint density at radius 1 is 1.06 bits per heavy atom. The Labute approximate surface area is 99.9 Å². The van der Waals surface area contributed by atoms with Gasteiger partial charge in [0.25, 0.3) is 0 Å². The fourth-order valence-electron chi connectivity index (χ4n) is 1.27. The Bertz CT molecular complexity index is 126. The van der Waals surface area contributed by atoms with E-state index in [1.165, 1.54) is 38.5 Å². The first-order valence-corrected chi connectivity index (χ1v) is 6.40. The molecular formula is C13H28O3. The first-order chi connectivity index (χ1) is 7.50. The minimum atomic E-state index is -0.711. The number of rotatable bonds is 2. The number of carboxylic acids is 1. The molecule has 0 saturated heterocycles. The molecule has 1 saturated carbocycles. The molecule has 0 aromatic heterocycles. The van der Waals surface area contributed by atoms with Crippen molar-refractivity contribution in [1.29, 1.82) is 0 Å². The number of carboxylic acid groups (broad SMARTS) is 1. The van der Waals surface area contributed by atoms with Crippen LogP contribution in [0.25, 0.3) is 0 Å². The molecule has 1 aliphatic rings. The summed E-state index contributed by atoms with van der Waals surface area (Å²) in [6, 6.07) is 0. The summed E-state index contributed by atoms with van der Waals surface area (Å²) in [4.78, 5) is 9.60. The van der Waals surface area contributed by atoms with E-state index in [2.05, 4.69) is 0 Å². The van der Waals surface area contributed by atoms with Crippen molar-refractivity contribution in [3.8, 4) is 0 Å². The summed E-state index contributed by atoms with van der Waals surface area (Å²) in [7, 11) is 0. The van der Waals surface area contributed by atoms with E-state index in [4.69, 9.17) is 10.2 Å². The predicted molar refractivity (Wildman–Crippen MR) is 67.6 cm³/mol. The molecule has 0 radical (unpaired) electrons. The van der Waals surface area contributed by atoms with Gasteiger partial charge in [-0.2, -0.15) is 0 Å². The Balaban J connectivity index is 0. The van der Waals surface area contributed by atoms with Crippen molar-refractivity contribution >= 4 is 5.97 Å². The van der Waals surface area contributed by atoms with Gasteiger partial charge in [-0.1, -0.05) is 45.4 Å². The molecule has 0 heterocycles. The Kier molecular flexibility index (Phi) is 16.1. The number of hydrogen-bond acceptors (Lipinski definition) is 2. The smallest absolute Gasteiger partial charge is 0.303 e. The molecule has 1 fully saturated rings. The van der Waals surface area contributed by atoms with Crippen LogP contribution in [0.15, 0.2) is 0 Å². The average molecular weight is 232 g/mol. The van der Waals surface area contributed by atoms with Crippen LogP contribution in [-0.4, -0.2) is 22.3 Å². The Hall–Kier alpha value is -0.570. The average Bonchev–Trinajstić information content (AvgIpc) is 2.20. The summed E-state index contributed by atoms with van der Waals surface area (Å²) in [5.74, 6) is -0.711. The van der Waals surface area contributed by atoms with Gasteiger partial charge >= 0.3 is 5.97 Å². The van der Waals surface area contributed by atoms with Crippen molar-refractivity contribution < 1.29 is 15.0 Å². The van der Waals surface area contributed by atoms with Crippen LogP contribution in [0.4, 0.5) is 0 Å². The molecule has 1 rings (SSSR count). The molecule has 0 unspecified atom stereocenters. The zero-order chi connectivity index (χ0) is 12.8. The minimum Gasteiger partial charge on any atom is -0.481 e. The molecular weight excluding hydrogens is 204 g/mol. The zero-order valence-corrected chi connectivity index (χ0v) is 11.0. The SMILES string of the molecule is C1CCCCC1.CC(C)O.CCCC(=O)O. The molecule has 0 atom stereocenters. The van der Waals surface area contributed by atoms with Crippen LogP contribution in [0, 0.1) is 0 Å². The van der Waals surface area contributed by atoms with E-state index < -0.39 is 5.97 Å². The molecule has 0 amide bonds. The number of aliphatic hydroxyl groups is 1. The fraction of sp³-hybridized carbons (Fsp3) is 0.923. The van der Waals surface area contributed by atoms with E-state index in [0.717, 1.165) is 6.42 Å². The van der Waals surface area contributed by atoms with E-state index in [9.17, 15) is 4.79 Å². The highest BCUT2D eigenvalue weighted by Crippen LogP contribution is 2.15. The van der Waals surface area contributed by atoms with Crippen molar-refractivity contribution in [3.63, 3.8) is 0 Å². The first-order valence-electron chi connectivity index (χ1n) is 6.40. The highest BCUT2D eigenvalue weighted by Gasteiger charge is 1.95. The number of carbonyl (C=O) groups is 1. The first kappa shape index (κ1) is 17.8. The van der Waals surface area contributed by atoms with Crippen LogP contribution in [-0.2, 0) is 4.79 Å². The largest absolute Gasteiger partial charge is 0.481 e. The van der Waals surface area contributed by atoms with Crippen LogP contribution in [0.1, 0.15) is 72.1 Å². The van der Waals surface area contributed by atoms with Crippen LogP contribution in [0.2, 0.25) is 0 Å². The molecule has 0 bridgehead atoms. The van der Waals surface area contributed by atoms with Crippen molar-refractivity contribution in [2.24, 2.45) is 0 Å². The van der Waals surface area contributed by atoms with Crippen molar-refractivity contribution in [3.05, 3.63) is 0 Å². The molecule has 0 aliphatic heterocycles. The van der Waals surface area contributed by atoms with Crippen molar-refractivity contribution in [2.75, 3.05) is 0 Å². The van der Waals surface area contributed by atoms with Crippen LogP contribution >= 0.6 is 0 Å². The lowest BCUT2D eigenvalue weighted by Gasteiger charge is -2.05. The molecule has 1 aliphatic carbocycles. The van der Waals surface area contributed by atoms with E-state index in [1.807, 2.05) is 6.92 Å². The Morgan fingerprint density at radius 2 is 1.31 bits per heavy atom. The molecule has 2 N–H and O–H groups in total. The van der Waals surface area contributed by atoms with E-state index in [-0.39, 0.29) is 6.10 Å². The highest BCUT2D eigenvalue weighted by molar-refractivity contribution is 5.66. The van der Waals surface area contributed by atoms with Gasteiger partial charge in [0.2, 0.25) is 0 Å². The highest BCUT2D eigenvalue weighted by atomic mass is 16.4. The van der Waals surface area contributed by atoms with Gasteiger partial charge in [0.05, 0.1) is 0 Å². The van der Waals surface area contributed by atoms with Crippen molar-refractivity contribution in [2.45, 2.75) is 78.2 Å². The standard InChI is InChI=1S/C6H12.C4H8O2.C3H8O/c1-2-4-6-5-3-1;1-2-3-4(5)6;1-3(2)4/h1-6H2;2-3H2,1H3,(H,5,6);3-4H,1-2H3. The van der Waals surface area contributed by atoms with Gasteiger partial charge in [-0.15, -0.1) is 0 Å². The van der Waals surface area contributed by atoms with Crippen LogP contribution in [0.3, 0.4) is 0 Å². The third-order valence-corrected chi connectivity index (χ3v) is 1.96. The second-order valence-corrected chi connectivity index (χ2v) is 4.36. The number of aliphatic carboxylic acids is 1. The van der Waals surface area contributed by atoms with Gasteiger partial charge in [-0.05, 0) is 20.3 Å². The lowest BCUT2D eigenvalue weighted by Crippen LogP contribution is -1.90. The van der Waals surface area contributed by atoms with Gasteiger partial charge in [0, 0.05) is 12.5 Å². The van der Waals surface area contributed by atoms with Crippen LogP contribution < -0.4 is 0 Å². The van der Waals surface area contributed by atoms with Crippen LogP contribution in [0.5, 0.6) is 0 Å². The summed E-state index contributed by atoms with van der Waals surface area (Å²) >= 11 is 0. The summed E-state index contributed by atoms with van der Waals surface area (Å²) in [5.41, 5.74) is 0. The summed E-state index contributed by atoms with van der Waals surface area (Å²) < 4.78 is 0. The quantitative estimate of drug-likeness (QED) is 0.764. The third kappa shape index (κ3) is 29.2. The van der Waals surface area contributed by atoms with Gasteiger partial charge in [0.15, 0.2) is 0 Å². The maximum atomic E-state index is 9.60. The second kappa shape index (κ2) is 14.4. The second-order valence-electron chi connectivity index (χ2n) is 4.36. The molecule has 0 spiro atoms. The van der Waals surface area contributed by atoms with Gasteiger partial charge in [-0.3, -0.25) is 4.79 Å². The molecule has 3 nitrogen and oxygen atoms in total. The lowest BCUT2D eigenvalue weighted by atomic mass is 10.0. The summed E-state index contributed by atoms with van der Waals surface area (Å²) in [6.45, 7) is 5.29. The topological polar surface area (TPSA) is 57.5 Å². The zero-order valence-electron chi connectivity index (χ0n) is 11.0. The maximum absolute atomic E-state index is 9.60. The van der Waals surface area contributed by atoms with E-state index in [0.29, 0.717) is 6.42 Å². The summed E-state index contributed by atoms with van der Waals surface area (Å²) in [5, 5.41) is 16.0. The molecule has 98 valence electrons. The molecule has 0 aromatic rings. The Morgan fingerprint density at radius 3 is 1.38 bits per heavy atom. The molecule has 3 heteroatoms. The fourth-order valence-corrected chi connectivity index (χ4v) is 1.27. The van der Waals surface area contributed by atoms with Gasteiger partial charge < -0.3 is 10.2 Å². The molecule has 16 heavy (non-hydrogen) atoms. The molecule has 0 aromatic carbocycles. The van der Waals surface area contributed by atoms with Gasteiger partial charge in [-0.25, -0.2) is 0 Å². The number of hydrogen-bond donors (Lipinski definition) is 2. The maximum Gasteiger partial charge on any atom is 0.303 e. The van der Waals surface area contributed by atoms with Gasteiger partial charge in [0.1, 0.15) is 0 Å². The van der Waals surface area contributed by atoms with E-state index >= 15 is 0 Å². The van der Waals surface area contributed by atoms with E-state index in [1.54, 1.807) is 13.8 Å². The normalized spacial score (nSPS) is 14.3. The minimum absolute atomic E-state index is 0.167. The van der Waals surface area contributed by atoms with Crippen molar-refractivity contribution in [1.82, 2.24) is 0 Å². The summed E-state index contributed by atoms with van der Waals surface area (Å²) in [6.07, 6.45) is 9.86. The third-order valence-electron chi connectivity index (χ3n) is 1.96.